The molecule has 1 N–H and O–H groups in total. The molecule has 0 atom stereocenters. The first kappa shape index (κ1) is 13.2. The highest BCUT2D eigenvalue weighted by atomic mass is 19.1. The summed E-state index contributed by atoms with van der Waals surface area (Å²) in [7, 11) is 0. The molecule has 3 heterocycles. The average molecular weight is 297 g/mol. The number of pyridine rings is 1. The third-order valence-corrected chi connectivity index (χ3v) is 3.99. The Morgan fingerprint density at radius 3 is 2.68 bits per heavy atom. The van der Waals surface area contributed by atoms with Crippen LogP contribution in [-0.4, -0.2) is 40.8 Å². The molecule has 112 valence electrons. The second-order valence-electron chi connectivity index (χ2n) is 5.35. The minimum atomic E-state index is -0.289. The van der Waals surface area contributed by atoms with Gasteiger partial charge >= 0.3 is 0 Å². The van der Waals surface area contributed by atoms with Gasteiger partial charge < -0.3 is 10.2 Å². The van der Waals surface area contributed by atoms with Crippen LogP contribution in [0.1, 0.15) is 0 Å². The molecular formula is C16H16FN5. The predicted octanol–water partition coefficient (Wildman–Crippen LogP) is 1.94. The van der Waals surface area contributed by atoms with Crippen molar-refractivity contribution in [3.63, 3.8) is 0 Å². The Kier molecular flexibility index (Phi) is 3.23. The highest BCUT2D eigenvalue weighted by Gasteiger charge is 2.15. The third kappa shape index (κ3) is 2.21. The predicted molar refractivity (Wildman–Crippen MR) is 83.5 cm³/mol. The smallest absolute Gasteiger partial charge is 0.171 e. The zero-order valence-corrected chi connectivity index (χ0v) is 12.0. The molecule has 0 aliphatic carbocycles. The summed E-state index contributed by atoms with van der Waals surface area (Å²) in [6, 6.07) is 10.7. The maximum Gasteiger partial charge on any atom is 0.171 e. The zero-order chi connectivity index (χ0) is 14.9. The van der Waals surface area contributed by atoms with Crippen LogP contribution in [0, 0.1) is 5.82 Å². The van der Waals surface area contributed by atoms with Gasteiger partial charge in [-0.15, -0.1) is 10.2 Å². The minimum absolute atomic E-state index is 0.289. The lowest BCUT2D eigenvalue weighted by molar-refractivity contribution is 0.589. The van der Waals surface area contributed by atoms with Gasteiger partial charge in [0, 0.05) is 44.1 Å². The van der Waals surface area contributed by atoms with E-state index in [2.05, 4.69) is 20.4 Å². The molecule has 0 amide bonds. The summed E-state index contributed by atoms with van der Waals surface area (Å²) in [5, 5.41) is 11.7. The third-order valence-electron chi connectivity index (χ3n) is 3.99. The van der Waals surface area contributed by atoms with Gasteiger partial charge in [-0.1, -0.05) is 12.1 Å². The van der Waals surface area contributed by atoms with E-state index < -0.39 is 0 Å². The van der Waals surface area contributed by atoms with Crippen molar-refractivity contribution in [3.05, 3.63) is 48.4 Å². The van der Waals surface area contributed by atoms with Gasteiger partial charge in [-0.2, -0.15) is 0 Å². The number of rotatable bonds is 2. The maximum absolute atomic E-state index is 14.0. The Morgan fingerprint density at radius 2 is 1.86 bits per heavy atom. The fourth-order valence-electron chi connectivity index (χ4n) is 2.83. The van der Waals surface area contributed by atoms with Crippen molar-refractivity contribution < 1.29 is 4.39 Å². The van der Waals surface area contributed by atoms with Gasteiger partial charge in [-0.05, 0) is 18.2 Å². The fraction of sp³-hybridized carbons (Fsp3) is 0.250. The van der Waals surface area contributed by atoms with Gasteiger partial charge in [0.05, 0.1) is 5.56 Å². The molecule has 0 radical (unpaired) electrons. The van der Waals surface area contributed by atoms with Crippen LogP contribution in [0.3, 0.4) is 0 Å². The topological polar surface area (TPSA) is 45.5 Å². The molecule has 0 unspecified atom stereocenters. The average Bonchev–Trinajstić information content (AvgIpc) is 2.99. The molecule has 0 spiro atoms. The number of fused-ring (bicyclic) bond motifs is 1. The number of aromatic nitrogens is 3. The van der Waals surface area contributed by atoms with E-state index in [-0.39, 0.29) is 5.82 Å². The highest BCUT2D eigenvalue weighted by molar-refractivity contribution is 5.63. The van der Waals surface area contributed by atoms with Crippen LogP contribution >= 0.6 is 0 Å². The largest absolute Gasteiger partial charge is 0.369 e. The summed E-state index contributed by atoms with van der Waals surface area (Å²) < 4.78 is 15.8. The Morgan fingerprint density at radius 1 is 1.05 bits per heavy atom. The molecule has 2 aromatic heterocycles. The lowest BCUT2D eigenvalue weighted by atomic mass is 10.2. The number of piperazine rings is 1. The molecule has 22 heavy (non-hydrogen) atoms. The van der Waals surface area contributed by atoms with Gasteiger partial charge in [0.25, 0.3) is 0 Å². The SMILES string of the molecule is Fc1ccccc1-c1nnc2cc(N3CCNCC3)ccn12. The first-order valence-electron chi connectivity index (χ1n) is 7.38. The fourth-order valence-corrected chi connectivity index (χ4v) is 2.83. The van der Waals surface area contributed by atoms with Gasteiger partial charge in [-0.3, -0.25) is 4.40 Å². The van der Waals surface area contributed by atoms with E-state index in [0.29, 0.717) is 11.4 Å². The van der Waals surface area contributed by atoms with Gasteiger partial charge in [0.2, 0.25) is 0 Å². The van der Waals surface area contributed by atoms with Crippen molar-refractivity contribution in [1.29, 1.82) is 0 Å². The molecule has 4 rings (SSSR count). The van der Waals surface area contributed by atoms with E-state index in [1.807, 2.05) is 22.7 Å². The van der Waals surface area contributed by atoms with Crippen molar-refractivity contribution in [3.8, 4) is 11.4 Å². The molecule has 1 aromatic carbocycles. The summed E-state index contributed by atoms with van der Waals surface area (Å²) in [6.07, 6.45) is 1.91. The highest BCUT2D eigenvalue weighted by Crippen LogP contribution is 2.24. The molecular weight excluding hydrogens is 281 g/mol. The number of hydrogen-bond donors (Lipinski definition) is 1. The monoisotopic (exact) mass is 297 g/mol. The van der Waals surface area contributed by atoms with Crippen LogP contribution in [0.15, 0.2) is 42.6 Å². The number of nitrogens with one attached hydrogen (secondary N) is 1. The van der Waals surface area contributed by atoms with Crippen molar-refractivity contribution in [2.45, 2.75) is 0 Å². The standard InChI is InChI=1S/C16H16FN5/c17-14-4-2-1-3-13(14)16-20-19-15-11-12(5-8-22(15)16)21-9-6-18-7-10-21/h1-5,8,11,18H,6-7,9-10H2. The van der Waals surface area contributed by atoms with Gasteiger partial charge in [0.15, 0.2) is 11.5 Å². The molecule has 3 aromatic rings. The van der Waals surface area contributed by atoms with E-state index in [0.717, 1.165) is 37.5 Å². The Labute approximate surface area is 127 Å². The normalized spacial score (nSPS) is 15.4. The molecule has 1 aliphatic rings. The van der Waals surface area contributed by atoms with E-state index in [1.165, 1.54) is 6.07 Å². The minimum Gasteiger partial charge on any atom is -0.369 e. The number of benzene rings is 1. The second kappa shape index (κ2) is 5.38. The first-order valence-corrected chi connectivity index (χ1v) is 7.38. The van der Waals surface area contributed by atoms with Crippen LogP contribution in [-0.2, 0) is 0 Å². The lowest BCUT2D eigenvalue weighted by Crippen LogP contribution is -2.43. The molecule has 1 saturated heterocycles. The number of halogens is 1. The zero-order valence-electron chi connectivity index (χ0n) is 12.0. The summed E-state index contributed by atoms with van der Waals surface area (Å²) in [5.41, 5.74) is 2.32. The molecule has 1 aliphatic heterocycles. The van der Waals surface area contributed by atoms with Crippen LogP contribution < -0.4 is 10.2 Å². The summed E-state index contributed by atoms with van der Waals surface area (Å²) in [6.45, 7) is 3.92. The molecule has 6 heteroatoms. The number of hydrogen-bond acceptors (Lipinski definition) is 4. The summed E-state index contributed by atoms with van der Waals surface area (Å²) in [4.78, 5) is 2.31. The van der Waals surface area contributed by atoms with Gasteiger partial charge in [-0.25, -0.2) is 4.39 Å². The van der Waals surface area contributed by atoms with E-state index >= 15 is 0 Å². The Balaban J connectivity index is 1.76. The maximum atomic E-state index is 14.0. The Hall–Kier alpha value is -2.47. The second-order valence-corrected chi connectivity index (χ2v) is 5.35. The van der Waals surface area contributed by atoms with Gasteiger partial charge in [0.1, 0.15) is 5.82 Å². The van der Waals surface area contributed by atoms with Crippen molar-refractivity contribution in [2.75, 3.05) is 31.1 Å². The van der Waals surface area contributed by atoms with E-state index in [1.54, 1.807) is 18.2 Å². The molecule has 0 saturated carbocycles. The molecule has 0 bridgehead atoms. The number of nitrogens with zero attached hydrogens (tertiary/aromatic N) is 4. The van der Waals surface area contributed by atoms with Crippen LogP contribution in [0.25, 0.3) is 17.0 Å². The quantitative estimate of drug-likeness (QED) is 0.785. The van der Waals surface area contributed by atoms with E-state index in [4.69, 9.17) is 0 Å². The van der Waals surface area contributed by atoms with Crippen LogP contribution in [0.2, 0.25) is 0 Å². The van der Waals surface area contributed by atoms with E-state index in [9.17, 15) is 4.39 Å². The molecule has 5 nitrogen and oxygen atoms in total. The van der Waals surface area contributed by atoms with Crippen molar-refractivity contribution in [2.24, 2.45) is 0 Å². The summed E-state index contributed by atoms with van der Waals surface area (Å²) in [5.74, 6) is 0.239. The Bertz CT molecular complexity index is 807. The van der Waals surface area contributed by atoms with Crippen LogP contribution in [0.5, 0.6) is 0 Å². The van der Waals surface area contributed by atoms with Crippen molar-refractivity contribution in [1.82, 2.24) is 19.9 Å². The van der Waals surface area contributed by atoms with Crippen LogP contribution in [0.4, 0.5) is 10.1 Å². The number of anilines is 1. The van der Waals surface area contributed by atoms with Crippen molar-refractivity contribution >= 4 is 11.3 Å². The molecule has 1 fully saturated rings. The lowest BCUT2D eigenvalue weighted by Gasteiger charge is -2.29. The summed E-state index contributed by atoms with van der Waals surface area (Å²) >= 11 is 0. The first-order chi connectivity index (χ1) is 10.8.